The fraction of sp³-hybridized carbons (Fsp3) is 0.0882. The van der Waals surface area contributed by atoms with E-state index >= 15 is 13.2 Å². The van der Waals surface area contributed by atoms with E-state index < -0.39 is 39.5 Å². The summed E-state index contributed by atoms with van der Waals surface area (Å²) in [6.45, 7) is 1.49. The number of anilines is 4. The van der Waals surface area contributed by atoms with E-state index in [-0.39, 0.29) is 84.1 Å². The molecule has 1 aliphatic heterocycles. The van der Waals surface area contributed by atoms with Crippen molar-refractivity contribution in [3.05, 3.63) is 85.3 Å². The number of halogens is 5. The quantitative estimate of drug-likeness (QED) is 0.0829. The van der Waals surface area contributed by atoms with Gasteiger partial charge < -0.3 is 4.74 Å². The summed E-state index contributed by atoms with van der Waals surface area (Å²) in [6, 6.07) is 14.2. The third-order valence-corrected chi connectivity index (χ3v) is 11.8. The van der Waals surface area contributed by atoms with Crippen molar-refractivity contribution in [2.24, 2.45) is 0 Å². The number of fused-ring (bicyclic) bond motifs is 5. The molecule has 25 heteroatoms. The summed E-state index contributed by atoms with van der Waals surface area (Å²) < 4.78 is 82.1. The minimum absolute atomic E-state index is 0.0197. The maximum absolute atomic E-state index is 15.4. The lowest BCUT2D eigenvalue weighted by molar-refractivity contribution is -0.384. The Morgan fingerprint density at radius 2 is 1.56 bits per heavy atom. The van der Waals surface area contributed by atoms with Crippen molar-refractivity contribution >= 4 is 141 Å². The monoisotopic (exact) mass is 938 g/mol. The second kappa shape index (κ2) is 13.8. The number of carbonyl (C=O) groups excluding carboxylic acids is 1. The maximum atomic E-state index is 15.4. The van der Waals surface area contributed by atoms with Gasteiger partial charge in [-0.3, -0.25) is 10.1 Å². The molecule has 0 unspecified atom stereocenters. The van der Waals surface area contributed by atoms with E-state index in [9.17, 15) is 14.9 Å². The maximum Gasteiger partial charge on any atom is 0.420 e. The average molecular weight is 940 g/mol. The smallest absolute Gasteiger partial charge is 0.420 e. The molecule has 0 bridgehead atoms. The summed E-state index contributed by atoms with van der Waals surface area (Å²) in [5.74, 6) is -0.902. The predicted octanol–water partition coefficient (Wildman–Crippen LogP) is 10.0. The van der Waals surface area contributed by atoms with Crippen molar-refractivity contribution < 1.29 is 37.2 Å². The zero-order valence-electron chi connectivity index (χ0n) is 28.8. The van der Waals surface area contributed by atoms with Crippen LogP contribution >= 0.6 is 62.7 Å². The molecular weight excluding hydrogens is 927 g/mol. The van der Waals surface area contributed by atoms with Crippen LogP contribution in [-0.4, -0.2) is 54.1 Å². The van der Waals surface area contributed by atoms with Gasteiger partial charge in [0.2, 0.25) is 0 Å². The Bertz CT molecular complexity index is 3250. The lowest BCUT2D eigenvalue weighted by Gasteiger charge is -2.24. The van der Waals surface area contributed by atoms with Gasteiger partial charge in [-0.15, -0.1) is 4.94 Å². The topological polar surface area (TPSA) is 201 Å². The molecule has 0 saturated carbocycles. The normalized spacial score (nSPS) is 13.1. The summed E-state index contributed by atoms with van der Waals surface area (Å²) in [5, 5.41) is 23.0. The molecule has 5 heterocycles. The lowest BCUT2D eigenvalue weighted by atomic mass is 9.90. The van der Waals surface area contributed by atoms with Crippen LogP contribution in [0.2, 0.25) is 5.02 Å². The summed E-state index contributed by atoms with van der Waals surface area (Å²) in [7, 11) is 0. The number of nitro groups is 1. The fourth-order valence-corrected chi connectivity index (χ4v) is 9.36. The first-order valence-corrected chi connectivity index (χ1v) is 19.9. The molecule has 0 spiro atoms. The van der Waals surface area contributed by atoms with Gasteiger partial charge in [-0.2, -0.15) is 49.5 Å². The van der Waals surface area contributed by atoms with Crippen molar-refractivity contribution in [2.75, 3.05) is 16.7 Å². The van der Waals surface area contributed by atoms with Gasteiger partial charge in [-0.25, -0.2) is 9.42 Å². The molecule has 5 aromatic carbocycles. The molecular formula is C34H13BrClF3N11O6S3. The van der Waals surface area contributed by atoms with Crippen LogP contribution < -0.4 is 10.1 Å². The molecule has 4 aromatic heterocycles. The van der Waals surface area contributed by atoms with Gasteiger partial charge in [-0.05, 0) is 69.6 Å². The second-order valence-corrected chi connectivity index (χ2v) is 15.2. The zero-order chi connectivity index (χ0) is 40.9. The van der Waals surface area contributed by atoms with Gasteiger partial charge >= 0.3 is 12.1 Å². The van der Waals surface area contributed by atoms with E-state index in [2.05, 4.69) is 58.6 Å². The standard InChI is InChI=1S/C34H13BrClF3N11O6S3/c1-2-54-33(51)24-14(4-6-18-28(24)46-57-42-18)23-22(50(52)53)11-15(13-3-5-17-30(26(13)36)41-55-40-17)31-32(23)48(12-9-16(35)27-20(10-12)44-59-45-27)56-49(31)21-8-7-19-29(47-58-43-19)25(21)34(37,38)39/h3-10H,2H2,1H3. The molecule has 0 aliphatic carbocycles. The molecule has 0 N–H and O–H groups in total. The lowest BCUT2D eigenvalue weighted by Crippen LogP contribution is -2.24. The van der Waals surface area contributed by atoms with Crippen molar-refractivity contribution in [3.63, 3.8) is 0 Å². The van der Waals surface area contributed by atoms with E-state index in [1.165, 1.54) is 36.4 Å². The number of alkyl halides is 3. The number of nitro benzene ring substituents is 1. The first kappa shape index (κ1) is 37.2. The number of hydrogen-bond donors (Lipinski definition) is 0. The molecule has 9 aromatic rings. The van der Waals surface area contributed by atoms with Crippen molar-refractivity contribution in [1.82, 2.24) is 36.6 Å². The highest BCUT2D eigenvalue weighted by atomic mass is 79.9. The van der Waals surface area contributed by atoms with E-state index in [0.29, 0.717) is 27.2 Å². The number of esters is 1. The number of benzene rings is 5. The van der Waals surface area contributed by atoms with Gasteiger partial charge in [0.15, 0.2) is 5.52 Å². The first-order valence-electron chi connectivity index (χ1n) is 16.6. The van der Waals surface area contributed by atoms with Gasteiger partial charge in [-0.1, -0.05) is 23.7 Å². The highest BCUT2D eigenvalue weighted by Crippen LogP contribution is 2.60. The fourth-order valence-electron chi connectivity index (χ4n) is 6.80. The number of aromatic nitrogens is 8. The van der Waals surface area contributed by atoms with Gasteiger partial charge in [0, 0.05) is 21.2 Å². The first-order chi connectivity index (χ1) is 28.4. The van der Waals surface area contributed by atoms with E-state index in [0.717, 1.165) is 39.6 Å². The largest absolute Gasteiger partial charge is 0.462 e. The molecule has 0 fully saturated rings. The molecule has 1 aliphatic rings. The van der Waals surface area contributed by atoms with E-state index in [4.69, 9.17) is 25.9 Å². The highest BCUT2D eigenvalue weighted by Gasteiger charge is 2.46. The predicted molar refractivity (Wildman–Crippen MR) is 213 cm³/mol. The number of hydrogen-bond acceptors (Lipinski definition) is 19. The number of ether oxygens (including phenoxy) is 1. The van der Waals surface area contributed by atoms with E-state index in [1.807, 2.05) is 0 Å². The number of rotatable bonds is 7. The minimum atomic E-state index is -5.05. The van der Waals surface area contributed by atoms with Crippen LogP contribution in [-0.2, 0) is 15.9 Å². The Morgan fingerprint density at radius 1 is 0.881 bits per heavy atom. The third kappa shape index (κ3) is 5.76. The van der Waals surface area contributed by atoms with Crippen LogP contribution in [0.1, 0.15) is 22.8 Å². The molecule has 59 heavy (non-hydrogen) atoms. The zero-order valence-corrected chi connectivity index (χ0v) is 33.6. The van der Waals surface area contributed by atoms with Crippen LogP contribution in [0.4, 0.5) is 41.6 Å². The second-order valence-electron chi connectivity index (χ2n) is 12.4. The Balaban J connectivity index is 1.40. The summed E-state index contributed by atoms with van der Waals surface area (Å²) in [5.41, 5.74) is -2.79. The average Bonchev–Trinajstić information content (AvgIpc) is 4.06. The van der Waals surface area contributed by atoms with Crippen LogP contribution in [0.3, 0.4) is 0 Å². The molecule has 0 amide bonds. The Hall–Kier alpha value is -6.05. The van der Waals surface area contributed by atoms with Crippen LogP contribution in [0.25, 0.3) is 66.4 Å². The molecule has 17 nitrogen and oxygen atoms in total. The van der Waals surface area contributed by atoms with Gasteiger partial charge in [0.25, 0.3) is 5.69 Å². The molecule has 0 atom stereocenters. The van der Waals surface area contributed by atoms with Gasteiger partial charge in [0.1, 0.15) is 55.6 Å². The Kier molecular flexibility index (Phi) is 8.69. The molecule has 293 valence electrons. The highest BCUT2D eigenvalue weighted by molar-refractivity contribution is 9.10. The summed E-state index contributed by atoms with van der Waals surface area (Å²) in [6.07, 6.45) is -5.05. The van der Waals surface area contributed by atoms with Crippen molar-refractivity contribution in [3.8, 4) is 22.3 Å². The minimum Gasteiger partial charge on any atom is -0.462 e. The SMILES string of the molecule is CCOC(=O)c1c(-c2c([N+](=O)[O-])[c]c(-c3ccc4nonc4c3Cl)c3c2N(c2cc(Br)c4nsnc4c2)ON3c2ccc3nsnc3c2C(F)(F)F)ccc2nsnc12. The Morgan fingerprint density at radius 3 is 2.31 bits per heavy atom. The van der Waals surface area contributed by atoms with Gasteiger partial charge in [0.05, 0.1) is 80.3 Å². The summed E-state index contributed by atoms with van der Waals surface area (Å²) >= 11 is 12.7. The molecule has 10 rings (SSSR count). The van der Waals surface area contributed by atoms with Crippen molar-refractivity contribution in [1.29, 1.82) is 0 Å². The molecule has 0 saturated heterocycles. The van der Waals surface area contributed by atoms with Crippen molar-refractivity contribution in [2.45, 2.75) is 13.1 Å². The van der Waals surface area contributed by atoms with Crippen LogP contribution in [0.15, 0.2) is 57.6 Å². The number of carbonyl (C=O) groups is 1. The van der Waals surface area contributed by atoms with Crippen LogP contribution in [0, 0.1) is 16.2 Å². The number of nitrogens with zero attached hydrogens (tertiary/aromatic N) is 11. The Labute approximate surface area is 350 Å². The molecule has 1 radical (unpaired) electrons. The van der Waals surface area contributed by atoms with Crippen LogP contribution in [0.5, 0.6) is 0 Å². The summed E-state index contributed by atoms with van der Waals surface area (Å²) in [4.78, 5) is 33.1. The third-order valence-electron chi connectivity index (χ3n) is 9.18. The van der Waals surface area contributed by atoms with E-state index in [1.54, 1.807) is 13.0 Å².